The second-order valence-electron chi connectivity index (χ2n) is 5.60. The Labute approximate surface area is 156 Å². The molecular weight excluding hydrogens is 350 g/mol. The van der Waals surface area contributed by atoms with Crippen LogP contribution in [0.15, 0.2) is 64.4 Å². The molecule has 3 rings (SSSR count). The molecule has 1 aliphatic heterocycles. The lowest BCUT2D eigenvalue weighted by Crippen LogP contribution is -2.34. The third-order valence-corrected chi connectivity index (χ3v) is 5.08. The van der Waals surface area contributed by atoms with Gasteiger partial charge in [-0.1, -0.05) is 42.1 Å². The number of thioether (sulfide) groups is 1. The van der Waals surface area contributed by atoms with E-state index in [-0.39, 0.29) is 18.4 Å². The molecule has 0 atom stereocenters. The lowest BCUT2D eigenvalue weighted by molar-refractivity contribution is -0.137. The molecule has 0 unspecified atom stereocenters. The van der Waals surface area contributed by atoms with Crippen molar-refractivity contribution in [3.8, 4) is 5.75 Å². The number of benzene rings is 2. The average molecular weight is 369 g/mol. The predicted molar refractivity (Wildman–Crippen MR) is 101 cm³/mol. The van der Waals surface area contributed by atoms with Crippen LogP contribution in [0.25, 0.3) is 5.57 Å². The van der Waals surface area contributed by atoms with Crippen molar-refractivity contribution in [1.82, 2.24) is 4.90 Å². The first kappa shape index (κ1) is 18.2. The van der Waals surface area contributed by atoms with E-state index in [0.717, 1.165) is 4.90 Å². The smallest absolute Gasteiger partial charge is 0.268 e. The van der Waals surface area contributed by atoms with E-state index in [2.05, 4.69) is 0 Å². The number of rotatable bonds is 7. The Morgan fingerprint density at radius 3 is 2.23 bits per heavy atom. The summed E-state index contributed by atoms with van der Waals surface area (Å²) >= 11 is 1.31. The number of amides is 2. The largest absolute Gasteiger partial charge is 0.497 e. The summed E-state index contributed by atoms with van der Waals surface area (Å²) in [5.41, 5.74) is 1.12. The number of carbonyl (C=O) groups is 2. The van der Waals surface area contributed by atoms with Crippen molar-refractivity contribution in [2.75, 3.05) is 27.4 Å². The maximum atomic E-state index is 12.9. The fourth-order valence-corrected chi connectivity index (χ4v) is 3.69. The van der Waals surface area contributed by atoms with Crippen molar-refractivity contribution in [3.63, 3.8) is 0 Å². The molecule has 5 nitrogen and oxygen atoms in total. The van der Waals surface area contributed by atoms with Crippen molar-refractivity contribution in [2.45, 2.75) is 4.90 Å². The van der Waals surface area contributed by atoms with Crippen LogP contribution < -0.4 is 4.74 Å². The van der Waals surface area contributed by atoms with Crippen molar-refractivity contribution in [2.24, 2.45) is 0 Å². The number of nitrogens with zero attached hydrogens (tertiary/aromatic N) is 1. The quantitative estimate of drug-likeness (QED) is 0.702. The van der Waals surface area contributed by atoms with E-state index in [9.17, 15) is 9.59 Å². The fraction of sp³-hybridized carbons (Fsp3) is 0.200. The van der Waals surface area contributed by atoms with Gasteiger partial charge in [0.2, 0.25) is 0 Å². The average Bonchev–Trinajstić information content (AvgIpc) is 2.91. The van der Waals surface area contributed by atoms with Crippen LogP contribution in [0.5, 0.6) is 5.75 Å². The highest BCUT2D eigenvalue weighted by atomic mass is 32.2. The third-order valence-electron chi connectivity index (χ3n) is 3.99. The zero-order chi connectivity index (χ0) is 18.5. The van der Waals surface area contributed by atoms with Gasteiger partial charge in [-0.05, 0) is 29.8 Å². The molecule has 0 fully saturated rings. The topological polar surface area (TPSA) is 55.8 Å². The van der Waals surface area contributed by atoms with Gasteiger partial charge in [-0.15, -0.1) is 0 Å². The van der Waals surface area contributed by atoms with Crippen LogP contribution >= 0.6 is 11.8 Å². The maximum absolute atomic E-state index is 12.9. The third kappa shape index (κ3) is 3.66. The van der Waals surface area contributed by atoms with Gasteiger partial charge in [-0.3, -0.25) is 14.5 Å². The number of carbonyl (C=O) groups excluding carboxylic acids is 2. The zero-order valence-electron chi connectivity index (χ0n) is 14.6. The molecule has 0 saturated heterocycles. The van der Waals surface area contributed by atoms with Gasteiger partial charge >= 0.3 is 0 Å². The number of imide groups is 1. The monoisotopic (exact) mass is 369 g/mol. The van der Waals surface area contributed by atoms with Gasteiger partial charge in [0, 0.05) is 12.0 Å². The first-order valence-corrected chi connectivity index (χ1v) is 8.94. The van der Waals surface area contributed by atoms with Crippen LogP contribution in [-0.2, 0) is 14.3 Å². The summed E-state index contributed by atoms with van der Waals surface area (Å²) in [7, 11) is 3.13. The van der Waals surface area contributed by atoms with Gasteiger partial charge in [0.15, 0.2) is 0 Å². The van der Waals surface area contributed by atoms with Crippen molar-refractivity contribution in [1.29, 1.82) is 0 Å². The zero-order valence-corrected chi connectivity index (χ0v) is 15.4. The number of methoxy groups -OCH3 is 2. The lowest BCUT2D eigenvalue weighted by Gasteiger charge is -2.14. The highest BCUT2D eigenvalue weighted by Crippen LogP contribution is 2.39. The minimum Gasteiger partial charge on any atom is -0.497 e. The minimum atomic E-state index is -0.296. The molecule has 0 spiro atoms. The van der Waals surface area contributed by atoms with Crippen LogP contribution in [0.1, 0.15) is 5.56 Å². The summed E-state index contributed by atoms with van der Waals surface area (Å²) in [6, 6.07) is 16.7. The van der Waals surface area contributed by atoms with Crippen molar-refractivity contribution in [3.05, 3.63) is 65.1 Å². The first-order chi connectivity index (χ1) is 12.7. The summed E-state index contributed by atoms with van der Waals surface area (Å²) in [4.78, 5) is 28.4. The number of hydrogen-bond donors (Lipinski definition) is 0. The Morgan fingerprint density at radius 1 is 0.923 bits per heavy atom. The Kier molecular flexibility index (Phi) is 5.75. The molecule has 0 aromatic heterocycles. The molecule has 2 aromatic carbocycles. The molecule has 0 radical (unpaired) electrons. The van der Waals surface area contributed by atoms with E-state index in [4.69, 9.17) is 9.47 Å². The number of hydrogen-bond acceptors (Lipinski definition) is 5. The van der Waals surface area contributed by atoms with Gasteiger partial charge < -0.3 is 9.47 Å². The second kappa shape index (κ2) is 8.21. The van der Waals surface area contributed by atoms with Crippen LogP contribution in [0, 0.1) is 0 Å². The number of ether oxygens (including phenoxy) is 2. The lowest BCUT2D eigenvalue weighted by atomic mass is 10.1. The molecule has 2 aromatic rings. The molecular formula is C20H19NO4S. The molecule has 0 bridgehead atoms. The highest BCUT2D eigenvalue weighted by Gasteiger charge is 2.39. The Morgan fingerprint density at radius 2 is 1.62 bits per heavy atom. The molecule has 134 valence electrons. The Hall–Kier alpha value is -2.57. The fourth-order valence-electron chi connectivity index (χ4n) is 2.65. The normalized spacial score (nSPS) is 14.3. The van der Waals surface area contributed by atoms with Crippen LogP contribution in [0.3, 0.4) is 0 Å². The van der Waals surface area contributed by atoms with E-state index >= 15 is 0 Å². The summed E-state index contributed by atoms with van der Waals surface area (Å²) < 4.78 is 10.2. The summed E-state index contributed by atoms with van der Waals surface area (Å²) in [6.45, 7) is 0.531. The van der Waals surface area contributed by atoms with E-state index in [1.54, 1.807) is 38.5 Å². The second-order valence-corrected chi connectivity index (χ2v) is 6.69. The van der Waals surface area contributed by atoms with E-state index in [1.165, 1.54) is 16.7 Å². The predicted octanol–water partition coefficient (Wildman–Crippen LogP) is 3.21. The summed E-state index contributed by atoms with van der Waals surface area (Å²) in [6.07, 6.45) is 0. The van der Waals surface area contributed by atoms with Gasteiger partial charge in [0.05, 0.1) is 30.7 Å². The van der Waals surface area contributed by atoms with Crippen molar-refractivity contribution >= 4 is 29.1 Å². The van der Waals surface area contributed by atoms with Gasteiger partial charge in [0.25, 0.3) is 11.8 Å². The molecule has 0 N–H and O–H groups in total. The molecule has 1 heterocycles. The summed E-state index contributed by atoms with van der Waals surface area (Å²) in [5, 5.41) is 0. The van der Waals surface area contributed by atoms with E-state index in [1.807, 2.05) is 30.3 Å². The highest BCUT2D eigenvalue weighted by molar-refractivity contribution is 8.04. The van der Waals surface area contributed by atoms with Crippen molar-refractivity contribution < 1.29 is 19.1 Å². The van der Waals surface area contributed by atoms with Crippen LogP contribution in [-0.4, -0.2) is 44.1 Å². The van der Waals surface area contributed by atoms with Gasteiger partial charge in [0.1, 0.15) is 5.75 Å². The SMILES string of the molecule is COCCN1C(=O)C(Sc2ccccc2)=C(c2ccc(OC)cc2)C1=O. The molecule has 1 aliphatic rings. The molecule has 2 amide bonds. The standard InChI is InChI=1S/C20H19NO4S/c1-24-13-12-21-19(22)17(14-8-10-15(25-2)11-9-14)18(20(21)23)26-16-6-4-3-5-7-16/h3-11H,12-13H2,1-2H3. The van der Waals surface area contributed by atoms with Crippen LogP contribution in [0.4, 0.5) is 0 Å². The maximum Gasteiger partial charge on any atom is 0.268 e. The van der Waals surface area contributed by atoms with Gasteiger partial charge in [-0.2, -0.15) is 0 Å². The Balaban J connectivity index is 2.01. The minimum absolute atomic E-state index is 0.229. The van der Waals surface area contributed by atoms with E-state index in [0.29, 0.717) is 28.4 Å². The van der Waals surface area contributed by atoms with Gasteiger partial charge in [-0.25, -0.2) is 0 Å². The molecule has 26 heavy (non-hydrogen) atoms. The summed E-state index contributed by atoms with van der Waals surface area (Å²) in [5.74, 6) is 0.113. The molecule has 0 saturated carbocycles. The van der Waals surface area contributed by atoms with Crippen LogP contribution in [0.2, 0.25) is 0 Å². The van der Waals surface area contributed by atoms with E-state index < -0.39 is 0 Å². The molecule has 6 heteroatoms. The first-order valence-electron chi connectivity index (χ1n) is 8.12. The Bertz CT molecular complexity index is 831. The molecule has 0 aliphatic carbocycles.